The van der Waals surface area contributed by atoms with Gasteiger partial charge in [-0.1, -0.05) is 0 Å². The maximum atomic E-state index is 13.3. The minimum atomic E-state index is -3.48. The first kappa shape index (κ1) is 27.4. The first-order valence-electron chi connectivity index (χ1n) is 9.73. The van der Waals surface area contributed by atoms with Crippen LogP contribution in [0.25, 0.3) is 0 Å². The van der Waals surface area contributed by atoms with Crippen LogP contribution in [0.1, 0.15) is 0 Å². The fourth-order valence-corrected chi connectivity index (χ4v) is 3.86. The molecule has 15 heteroatoms. The number of aliphatic hydroxyl groups is 12. The van der Waals surface area contributed by atoms with E-state index < -0.39 is 104 Å². The van der Waals surface area contributed by atoms with E-state index in [1.807, 2.05) is 0 Å². The molecular weight excluding hydrogens is 444 g/mol. The summed E-state index contributed by atoms with van der Waals surface area (Å²) in [6, 6.07) is 0. The molecule has 2 unspecified atom stereocenters. The van der Waals surface area contributed by atoms with E-state index in [0.717, 1.165) is 0 Å². The highest BCUT2D eigenvalue weighted by Gasteiger charge is 2.63. The van der Waals surface area contributed by atoms with Crippen molar-refractivity contribution < 1.29 is 75.5 Å². The molecule has 0 aromatic heterocycles. The van der Waals surface area contributed by atoms with E-state index in [9.17, 15) is 66.1 Å². The van der Waals surface area contributed by atoms with Crippen LogP contribution in [0.4, 0.5) is 0 Å². The van der Waals surface area contributed by atoms with Crippen LogP contribution in [0.5, 0.6) is 0 Å². The number of carbonyl (C=O) groups excluding carboxylic acids is 1. The molecule has 0 bridgehead atoms. The second-order valence-electron chi connectivity index (χ2n) is 7.88. The zero-order chi connectivity index (χ0) is 24.5. The van der Waals surface area contributed by atoms with Crippen molar-refractivity contribution in [2.45, 2.75) is 78.8 Å². The summed E-state index contributed by atoms with van der Waals surface area (Å²) in [7, 11) is 0. The number of aliphatic hydroxyl groups excluding tert-OH is 11. The summed E-state index contributed by atoms with van der Waals surface area (Å²) >= 11 is 0. The van der Waals surface area contributed by atoms with Crippen LogP contribution >= 0.6 is 0 Å². The monoisotopic (exact) mass is 474 g/mol. The van der Waals surface area contributed by atoms with Gasteiger partial charge in [-0.3, -0.25) is 4.79 Å². The van der Waals surface area contributed by atoms with Gasteiger partial charge < -0.3 is 70.8 Å². The largest absolute Gasteiger partial charge is 0.394 e. The van der Waals surface area contributed by atoms with E-state index in [1.165, 1.54) is 0 Å². The van der Waals surface area contributed by atoms with Gasteiger partial charge in [0.1, 0.15) is 73.2 Å². The summed E-state index contributed by atoms with van der Waals surface area (Å²) in [4.78, 5) is 13.3. The second-order valence-corrected chi connectivity index (χ2v) is 7.88. The van der Waals surface area contributed by atoms with Crippen LogP contribution < -0.4 is 0 Å². The van der Waals surface area contributed by atoms with Crippen LogP contribution in [0.2, 0.25) is 0 Å². The van der Waals surface area contributed by atoms with Gasteiger partial charge in [-0.15, -0.1) is 0 Å². The predicted molar refractivity (Wildman–Crippen MR) is 96.6 cm³/mol. The number of ketones is 1. The summed E-state index contributed by atoms with van der Waals surface area (Å²) in [5.74, 6) is -1.74. The molecule has 13 atom stereocenters. The minimum absolute atomic E-state index is 0.949. The van der Waals surface area contributed by atoms with Gasteiger partial charge in [-0.2, -0.15) is 0 Å². The van der Waals surface area contributed by atoms with Crippen molar-refractivity contribution in [3.8, 4) is 0 Å². The molecule has 188 valence electrons. The summed E-state index contributed by atoms with van der Waals surface area (Å²) < 4.78 is 10.2. The standard InChI is InChI=1S/C17H30O15/c18-1-4(21)14(28)17(30,16-12(27)10(25)8(23)6(3-20)32-16)15(29)13-11(26)9(24)7(22)5(2-19)31-13/h4-14,16,18-28,30H,1-3H2/t4-,5-,6-,7+,8+,9+,10+,11-,12-,13?,14+,16?,17-/m1/s1. The van der Waals surface area contributed by atoms with Crippen molar-refractivity contribution in [1.82, 2.24) is 0 Å². The zero-order valence-corrected chi connectivity index (χ0v) is 16.6. The zero-order valence-electron chi connectivity index (χ0n) is 16.6. The Morgan fingerprint density at radius 3 is 1.69 bits per heavy atom. The van der Waals surface area contributed by atoms with E-state index in [2.05, 4.69) is 0 Å². The smallest absolute Gasteiger partial charge is 0.201 e. The number of Topliss-reactive ketones (excluding diaryl/α,β-unsaturated/α-hetero) is 1. The summed E-state index contributed by atoms with van der Waals surface area (Å²) in [5, 5.41) is 120. The molecule has 0 aromatic rings. The predicted octanol–water partition coefficient (Wildman–Crippen LogP) is -8.31. The molecule has 2 aliphatic heterocycles. The van der Waals surface area contributed by atoms with Crippen molar-refractivity contribution in [2.75, 3.05) is 19.8 Å². The third-order valence-electron chi connectivity index (χ3n) is 5.87. The number of hydrogen-bond donors (Lipinski definition) is 12. The average Bonchev–Trinajstić information content (AvgIpc) is 2.79. The molecular formula is C17H30O15. The van der Waals surface area contributed by atoms with Gasteiger partial charge in [-0.05, 0) is 0 Å². The Morgan fingerprint density at radius 1 is 0.750 bits per heavy atom. The van der Waals surface area contributed by atoms with Gasteiger partial charge >= 0.3 is 0 Å². The topological polar surface area (TPSA) is 278 Å². The molecule has 12 N–H and O–H groups in total. The molecule has 2 fully saturated rings. The van der Waals surface area contributed by atoms with E-state index in [-0.39, 0.29) is 0 Å². The lowest BCUT2D eigenvalue weighted by molar-refractivity contribution is -0.291. The van der Waals surface area contributed by atoms with Crippen molar-refractivity contribution in [3.05, 3.63) is 0 Å². The Labute approximate surface area is 180 Å². The molecule has 2 saturated heterocycles. The van der Waals surface area contributed by atoms with Crippen LogP contribution in [0.3, 0.4) is 0 Å². The van der Waals surface area contributed by atoms with Crippen LogP contribution in [0, 0.1) is 0 Å². The Balaban J connectivity index is 2.53. The van der Waals surface area contributed by atoms with Crippen molar-refractivity contribution in [2.24, 2.45) is 0 Å². The normalized spacial score (nSPS) is 44.5. The maximum Gasteiger partial charge on any atom is 0.201 e. The molecule has 15 nitrogen and oxygen atoms in total. The Hall–Kier alpha value is -0.890. The van der Waals surface area contributed by atoms with Crippen molar-refractivity contribution >= 4 is 5.78 Å². The molecule has 0 aliphatic carbocycles. The molecule has 0 aromatic carbocycles. The lowest BCUT2D eigenvalue weighted by Crippen LogP contribution is -2.75. The third kappa shape index (κ3) is 4.55. The third-order valence-corrected chi connectivity index (χ3v) is 5.87. The van der Waals surface area contributed by atoms with Gasteiger partial charge in [-0.25, -0.2) is 0 Å². The van der Waals surface area contributed by atoms with Gasteiger partial charge in [0.25, 0.3) is 0 Å². The number of carbonyl (C=O) groups is 1. The number of hydrogen-bond acceptors (Lipinski definition) is 15. The molecule has 0 saturated carbocycles. The van der Waals surface area contributed by atoms with Crippen LogP contribution in [0.15, 0.2) is 0 Å². The minimum Gasteiger partial charge on any atom is -0.394 e. The molecule has 2 heterocycles. The highest BCUT2D eigenvalue weighted by molar-refractivity contribution is 5.93. The molecule has 32 heavy (non-hydrogen) atoms. The van der Waals surface area contributed by atoms with Gasteiger partial charge in [0.15, 0.2) is 5.60 Å². The molecule has 0 amide bonds. The second kappa shape index (κ2) is 10.6. The lowest BCUT2D eigenvalue weighted by Gasteiger charge is -2.50. The summed E-state index contributed by atoms with van der Waals surface area (Å²) in [6.45, 7) is -3.15. The van der Waals surface area contributed by atoms with E-state index in [4.69, 9.17) is 9.47 Å². The van der Waals surface area contributed by atoms with Crippen molar-refractivity contribution in [3.63, 3.8) is 0 Å². The highest BCUT2D eigenvalue weighted by atomic mass is 16.6. The maximum absolute atomic E-state index is 13.3. The summed E-state index contributed by atoms with van der Waals surface area (Å²) in [5.41, 5.74) is -3.48. The van der Waals surface area contributed by atoms with E-state index >= 15 is 0 Å². The molecule has 0 radical (unpaired) electrons. The van der Waals surface area contributed by atoms with Gasteiger partial charge in [0.05, 0.1) is 19.8 Å². The molecule has 2 aliphatic rings. The SMILES string of the molecule is O=C(C1O[C@H](CO)[C@H](O)[C@H](O)[C@H]1O)[C@@](O)(C1O[C@H](CO)[C@H](O)[C@H](O)[C@H]1O)[C@@H](O)[C@H](O)CO. The van der Waals surface area contributed by atoms with Crippen molar-refractivity contribution in [1.29, 1.82) is 0 Å². The average molecular weight is 474 g/mol. The lowest BCUT2D eigenvalue weighted by atomic mass is 9.74. The fourth-order valence-electron chi connectivity index (χ4n) is 3.86. The summed E-state index contributed by atoms with van der Waals surface area (Å²) in [6.07, 6.45) is -25.4. The van der Waals surface area contributed by atoms with Gasteiger partial charge in [0, 0.05) is 0 Å². The van der Waals surface area contributed by atoms with E-state index in [1.54, 1.807) is 0 Å². The molecule has 0 spiro atoms. The molecule has 2 rings (SSSR count). The number of ether oxygens (including phenoxy) is 2. The quantitative estimate of drug-likeness (QED) is 0.156. The Kier molecular flexibility index (Phi) is 9.04. The van der Waals surface area contributed by atoms with Crippen LogP contribution in [-0.2, 0) is 14.3 Å². The first-order chi connectivity index (χ1) is 14.9. The Bertz CT molecular complexity index is 631. The first-order valence-corrected chi connectivity index (χ1v) is 9.73. The van der Waals surface area contributed by atoms with E-state index in [0.29, 0.717) is 0 Å². The number of rotatable bonds is 8. The fraction of sp³-hybridized carbons (Fsp3) is 0.941. The van der Waals surface area contributed by atoms with Gasteiger partial charge in [0.2, 0.25) is 5.78 Å². The highest BCUT2D eigenvalue weighted by Crippen LogP contribution is 2.35. The Morgan fingerprint density at radius 2 is 1.22 bits per heavy atom. The van der Waals surface area contributed by atoms with Crippen LogP contribution in [-0.4, -0.2) is 166 Å².